The molecule has 1 saturated heterocycles. The van der Waals surface area contributed by atoms with Crippen molar-refractivity contribution >= 4 is 5.78 Å². The van der Waals surface area contributed by atoms with Crippen molar-refractivity contribution < 1.29 is 28.5 Å². The van der Waals surface area contributed by atoms with Gasteiger partial charge in [-0.1, -0.05) is 19.1 Å². The van der Waals surface area contributed by atoms with E-state index >= 15 is 0 Å². The summed E-state index contributed by atoms with van der Waals surface area (Å²) in [5.41, 5.74) is 0.580. The first-order chi connectivity index (χ1) is 13.1. The largest absolute Gasteiger partial charge is 0.490 e. The van der Waals surface area contributed by atoms with Gasteiger partial charge in [-0.2, -0.15) is 0 Å². The Bertz CT molecular complexity index is 813. The van der Waals surface area contributed by atoms with E-state index in [0.29, 0.717) is 24.4 Å². The van der Waals surface area contributed by atoms with Gasteiger partial charge in [0.2, 0.25) is 18.3 Å². The molecule has 0 amide bonds. The molecule has 2 heterocycles. The second-order valence-corrected chi connectivity index (χ2v) is 7.24. The minimum absolute atomic E-state index is 0.0850. The van der Waals surface area contributed by atoms with Crippen LogP contribution in [0.3, 0.4) is 0 Å². The number of carbonyl (C=O) groups excluding carboxylic acids is 1. The van der Waals surface area contributed by atoms with Crippen LogP contribution in [0.15, 0.2) is 42.4 Å². The van der Waals surface area contributed by atoms with Gasteiger partial charge in [0.05, 0.1) is 7.11 Å². The van der Waals surface area contributed by atoms with Gasteiger partial charge in [0.25, 0.3) is 0 Å². The van der Waals surface area contributed by atoms with Crippen molar-refractivity contribution in [3.8, 4) is 11.5 Å². The van der Waals surface area contributed by atoms with E-state index in [1.165, 1.54) is 7.11 Å². The molecule has 144 valence electrons. The van der Waals surface area contributed by atoms with Gasteiger partial charge in [-0.05, 0) is 30.5 Å². The summed E-state index contributed by atoms with van der Waals surface area (Å²) in [5.74, 6) is 2.22. The second-order valence-electron chi connectivity index (χ2n) is 7.24. The number of methoxy groups -OCH3 is 2. The molecule has 0 saturated carbocycles. The molecule has 1 aromatic carbocycles. The van der Waals surface area contributed by atoms with Crippen LogP contribution in [0.4, 0.5) is 0 Å². The molecule has 1 aromatic rings. The molecule has 0 spiro atoms. The Kier molecular flexibility index (Phi) is 4.38. The maximum atomic E-state index is 12.7. The van der Waals surface area contributed by atoms with Crippen LogP contribution in [0, 0.1) is 11.3 Å². The lowest BCUT2D eigenvalue weighted by molar-refractivity contribution is -0.132. The van der Waals surface area contributed by atoms with Crippen LogP contribution >= 0.6 is 0 Å². The van der Waals surface area contributed by atoms with E-state index in [1.54, 1.807) is 7.11 Å². The number of hydrogen-bond donors (Lipinski definition) is 0. The minimum Gasteiger partial charge on any atom is -0.490 e. The summed E-state index contributed by atoms with van der Waals surface area (Å²) in [6, 6.07) is 5.83. The highest BCUT2D eigenvalue weighted by molar-refractivity contribution is 5.99. The fourth-order valence-electron chi connectivity index (χ4n) is 4.53. The van der Waals surface area contributed by atoms with Crippen molar-refractivity contribution in [2.45, 2.75) is 32.0 Å². The zero-order valence-electron chi connectivity index (χ0n) is 15.8. The standard InChI is InChI=1S/C21H24O6/c1-5-8-21-10-16(23-3)17(22)19(24-4)20(21)27-18(12(21)2)13-6-7-14-15(9-13)26-11-25-14/h5-7,9,12,16,18H,1,8,10-11H2,2-4H3/t12-,16+,18+,21-/m0/s1. The Morgan fingerprint density at radius 1 is 1.30 bits per heavy atom. The minimum atomic E-state index is -0.551. The highest BCUT2D eigenvalue weighted by Crippen LogP contribution is 2.60. The van der Waals surface area contributed by atoms with Gasteiger partial charge >= 0.3 is 0 Å². The number of fused-ring (bicyclic) bond motifs is 2. The van der Waals surface area contributed by atoms with Gasteiger partial charge in [-0.25, -0.2) is 0 Å². The van der Waals surface area contributed by atoms with Crippen LogP contribution in [-0.2, 0) is 19.0 Å². The van der Waals surface area contributed by atoms with Crippen LogP contribution in [0.5, 0.6) is 11.5 Å². The van der Waals surface area contributed by atoms with Gasteiger partial charge in [-0.3, -0.25) is 4.79 Å². The van der Waals surface area contributed by atoms with E-state index in [-0.39, 0.29) is 30.4 Å². The molecule has 0 aromatic heterocycles. The number of benzene rings is 1. The number of hydrogen-bond acceptors (Lipinski definition) is 6. The van der Waals surface area contributed by atoms with E-state index in [0.717, 1.165) is 11.3 Å². The zero-order chi connectivity index (χ0) is 19.2. The summed E-state index contributed by atoms with van der Waals surface area (Å²) in [6.07, 6.45) is 2.30. The Hall–Kier alpha value is -2.47. The highest BCUT2D eigenvalue weighted by Gasteiger charge is 2.58. The predicted molar refractivity (Wildman–Crippen MR) is 97.3 cm³/mol. The molecule has 4 rings (SSSR count). The maximum Gasteiger partial charge on any atom is 0.231 e. The number of carbonyl (C=O) groups is 1. The number of Topliss-reactive ketones (excluding diaryl/α,β-unsaturated/α-hetero) is 1. The number of rotatable bonds is 5. The van der Waals surface area contributed by atoms with E-state index in [4.69, 9.17) is 23.7 Å². The monoisotopic (exact) mass is 372 g/mol. The van der Waals surface area contributed by atoms with Crippen molar-refractivity contribution in [1.82, 2.24) is 0 Å². The quantitative estimate of drug-likeness (QED) is 0.737. The van der Waals surface area contributed by atoms with Crippen LogP contribution in [0.1, 0.15) is 31.4 Å². The molecule has 27 heavy (non-hydrogen) atoms. The molecule has 0 N–H and O–H groups in total. The third kappa shape index (κ3) is 2.54. The fourth-order valence-corrected chi connectivity index (χ4v) is 4.53. The molecule has 2 aliphatic heterocycles. The second kappa shape index (κ2) is 6.60. The summed E-state index contributed by atoms with van der Waals surface area (Å²) in [6.45, 7) is 6.29. The molecule has 3 aliphatic rings. The maximum absolute atomic E-state index is 12.7. The Labute approximate surface area is 158 Å². The molecule has 6 nitrogen and oxygen atoms in total. The van der Waals surface area contributed by atoms with Crippen LogP contribution in [-0.4, -0.2) is 32.9 Å². The molecule has 0 radical (unpaired) electrons. The van der Waals surface area contributed by atoms with E-state index < -0.39 is 11.5 Å². The third-order valence-corrected chi connectivity index (χ3v) is 6.02. The summed E-state index contributed by atoms with van der Waals surface area (Å²) in [4.78, 5) is 12.7. The first-order valence-electron chi connectivity index (χ1n) is 9.08. The van der Waals surface area contributed by atoms with Crippen molar-refractivity contribution in [2.24, 2.45) is 11.3 Å². The van der Waals surface area contributed by atoms with Gasteiger partial charge in [0.1, 0.15) is 18.0 Å². The third-order valence-electron chi connectivity index (χ3n) is 6.02. The lowest BCUT2D eigenvalue weighted by Crippen LogP contribution is -2.42. The average Bonchev–Trinajstić information content (AvgIpc) is 3.25. The van der Waals surface area contributed by atoms with Crippen molar-refractivity contribution in [3.05, 3.63) is 47.9 Å². The van der Waals surface area contributed by atoms with Crippen molar-refractivity contribution in [3.63, 3.8) is 0 Å². The Morgan fingerprint density at radius 3 is 2.78 bits per heavy atom. The van der Waals surface area contributed by atoms with E-state index in [1.807, 2.05) is 24.3 Å². The predicted octanol–water partition coefficient (Wildman–Crippen LogP) is 3.53. The van der Waals surface area contributed by atoms with E-state index in [9.17, 15) is 4.79 Å². The lowest BCUT2D eigenvalue weighted by atomic mass is 9.65. The Balaban J connectivity index is 1.80. The fraction of sp³-hybridized carbons (Fsp3) is 0.476. The summed E-state index contributed by atoms with van der Waals surface area (Å²) in [5, 5.41) is 0. The summed E-state index contributed by atoms with van der Waals surface area (Å²) in [7, 11) is 3.05. The molecule has 4 atom stereocenters. The van der Waals surface area contributed by atoms with Gasteiger partial charge in [0.15, 0.2) is 11.5 Å². The van der Waals surface area contributed by atoms with Crippen molar-refractivity contribution in [1.29, 1.82) is 0 Å². The molecule has 1 fully saturated rings. The molecular formula is C21H24O6. The lowest BCUT2D eigenvalue weighted by Gasteiger charge is -2.38. The molecule has 1 aliphatic carbocycles. The normalized spacial score (nSPS) is 31.5. The zero-order valence-corrected chi connectivity index (χ0v) is 15.8. The summed E-state index contributed by atoms with van der Waals surface area (Å²) >= 11 is 0. The molecule has 0 bridgehead atoms. The number of ketones is 1. The molecule has 6 heteroatoms. The van der Waals surface area contributed by atoms with Crippen LogP contribution in [0.25, 0.3) is 0 Å². The summed E-state index contributed by atoms with van der Waals surface area (Å²) < 4.78 is 28.2. The van der Waals surface area contributed by atoms with Gasteiger partial charge < -0.3 is 23.7 Å². The van der Waals surface area contributed by atoms with Crippen LogP contribution in [0.2, 0.25) is 0 Å². The number of ether oxygens (including phenoxy) is 5. The topological polar surface area (TPSA) is 63.2 Å². The van der Waals surface area contributed by atoms with Crippen molar-refractivity contribution in [2.75, 3.05) is 21.0 Å². The smallest absolute Gasteiger partial charge is 0.231 e. The highest BCUT2D eigenvalue weighted by atomic mass is 16.7. The molecule has 0 unspecified atom stereocenters. The first-order valence-corrected chi connectivity index (χ1v) is 9.08. The molecular weight excluding hydrogens is 348 g/mol. The van der Waals surface area contributed by atoms with Gasteiger partial charge in [-0.15, -0.1) is 6.58 Å². The number of allylic oxidation sites excluding steroid dienone is 2. The van der Waals surface area contributed by atoms with Gasteiger partial charge in [0, 0.05) is 18.4 Å². The first kappa shape index (κ1) is 17.9. The SMILES string of the molecule is C=CC[C@@]12C[C@@H](OC)C(=O)C(OC)=C1O[C@@H](c1ccc3c(c1)OCO3)[C@@H]2C. The van der Waals surface area contributed by atoms with Crippen LogP contribution < -0.4 is 9.47 Å². The average molecular weight is 372 g/mol. The van der Waals surface area contributed by atoms with E-state index in [2.05, 4.69) is 13.5 Å². The Morgan fingerprint density at radius 2 is 2.07 bits per heavy atom.